The van der Waals surface area contributed by atoms with E-state index in [1.165, 1.54) is 0 Å². The first-order chi connectivity index (χ1) is 9.65. The van der Waals surface area contributed by atoms with Gasteiger partial charge in [-0.2, -0.15) is 5.10 Å². The van der Waals surface area contributed by atoms with Crippen molar-refractivity contribution in [2.45, 2.75) is 13.8 Å². The topological polar surface area (TPSA) is 35.0 Å². The maximum atomic E-state index is 5.89. The summed E-state index contributed by atoms with van der Waals surface area (Å²) in [6.45, 7) is 3.97. The minimum Gasteiger partial charge on any atom is -0.437 e. The molecule has 0 aliphatic heterocycles. The number of aryl methyl sites for hydroxylation is 2. The molecular weight excluding hydrogens is 316 g/mol. The van der Waals surface area contributed by atoms with Crippen LogP contribution in [0, 0.1) is 13.8 Å². The molecular formula is C16H13BrN2O. The van der Waals surface area contributed by atoms with Crippen LogP contribution < -0.4 is 4.74 Å². The first-order valence-corrected chi connectivity index (χ1v) is 7.10. The highest BCUT2D eigenvalue weighted by Crippen LogP contribution is 2.30. The lowest BCUT2D eigenvalue weighted by atomic mass is 10.1. The Labute approximate surface area is 125 Å². The highest BCUT2D eigenvalue weighted by Gasteiger charge is 2.08. The molecule has 0 aliphatic rings. The SMILES string of the molecule is Cc1cc(Oc2nnc(C)c3ccccc23)ccc1Br. The van der Waals surface area contributed by atoms with Crippen molar-refractivity contribution < 1.29 is 4.74 Å². The molecule has 0 saturated heterocycles. The number of benzene rings is 2. The van der Waals surface area contributed by atoms with E-state index < -0.39 is 0 Å². The van der Waals surface area contributed by atoms with E-state index >= 15 is 0 Å². The minimum atomic E-state index is 0.535. The van der Waals surface area contributed by atoms with Crippen LogP contribution in [0.4, 0.5) is 0 Å². The predicted molar refractivity (Wildman–Crippen MR) is 83.2 cm³/mol. The number of halogens is 1. The molecule has 0 fully saturated rings. The van der Waals surface area contributed by atoms with Gasteiger partial charge in [-0.1, -0.05) is 34.1 Å². The van der Waals surface area contributed by atoms with Crippen molar-refractivity contribution in [1.82, 2.24) is 10.2 Å². The zero-order valence-corrected chi connectivity index (χ0v) is 12.8. The smallest absolute Gasteiger partial charge is 0.246 e. The Morgan fingerprint density at radius 2 is 1.70 bits per heavy atom. The molecule has 0 N–H and O–H groups in total. The second-order valence-electron chi connectivity index (χ2n) is 4.65. The van der Waals surface area contributed by atoms with E-state index in [0.717, 1.165) is 32.3 Å². The van der Waals surface area contributed by atoms with E-state index in [2.05, 4.69) is 26.1 Å². The third-order valence-corrected chi connectivity index (χ3v) is 4.07. The number of hydrogen-bond acceptors (Lipinski definition) is 3. The molecule has 0 aliphatic carbocycles. The van der Waals surface area contributed by atoms with E-state index in [-0.39, 0.29) is 0 Å². The predicted octanol–water partition coefficient (Wildman–Crippen LogP) is 4.80. The van der Waals surface area contributed by atoms with Crippen molar-refractivity contribution in [2.75, 3.05) is 0 Å². The van der Waals surface area contributed by atoms with Gasteiger partial charge >= 0.3 is 0 Å². The molecule has 0 unspecified atom stereocenters. The first-order valence-electron chi connectivity index (χ1n) is 6.31. The van der Waals surface area contributed by atoms with Crippen LogP contribution in [-0.2, 0) is 0 Å². The summed E-state index contributed by atoms with van der Waals surface area (Å²) in [5.74, 6) is 1.29. The quantitative estimate of drug-likeness (QED) is 0.677. The highest BCUT2D eigenvalue weighted by atomic mass is 79.9. The van der Waals surface area contributed by atoms with Gasteiger partial charge in [0, 0.05) is 15.2 Å². The van der Waals surface area contributed by atoms with Gasteiger partial charge < -0.3 is 4.74 Å². The number of hydrogen-bond donors (Lipinski definition) is 0. The standard InChI is InChI=1S/C16H13BrN2O/c1-10-9-12(7-8-15(10)17)20-16-14-6-4-3-5-13(14)11(2)18-19-16/h3-9H,1-2H3. The third-order valence-electron chi connectivity index (χ3n) is 3.18. The van der Waals surface area contributed by atoms with Crippen LogP contribution in [0.25, 0.3) is 10.8 Å². The average molecular weight is 329 g/mol. The van der Waals surface area contributed by atoms with Crippen LogP contribution in [0.1, 0.15) is 11.3 Å². The van der Waals surface area contributed by atoms with E-state index in [4.69, 9.17) is 4.74 Å². The van der Waals surface area contributed by atoms with Crippen molar-refractivity contribution in [3.8, 4) is 11.6 Å². The summed E-state index contributed by atoms with van der Waals surface area (Å²) < 4.78 is 6.95. The highest BCUT2D eigenvalue weighted by molar-refractivity contribution is 9.10. The molecule has 100 valence electrons. The van der Waals surface area contributed by atoms with E-state index in [1.807, 2.05) is 56.3 Å². The molecule has 20 heavy (non-hydrogen) atoms. The molecule has 1 aromatic heterocycles. The monoisotopic (exact) mass is 328 g/mol. The lowest BCUT2D eigenvalue weighted by Crippen LogP contribution is -1.95. The fourth-order valence-electron chi connectivity index (χ4n) is 2.08. The molecule has 0 radical (unpaired) electrons. The first kappa shape index (κ1) is 13.1. The fraction of sp³-hybridized carbons (Fsp3) is 0.125. The molecule has 0 bridgehead atoms. The van der Waals surface area contributed by atoms with Gasteiger partial charge in [0.1, 0.15) is 5.75 Å². The maximum Gasteiger partial charge on any atom is 0.246 e. The summed E-state index contributed by atoms with van der Waals surface area (Å²) >= 11 is 3.48. The van der Waals surface area contributed by atoms with Gasteiger partial charge in [-0.25, -0.2) is 0 Å². The van der Waals surface area contributed by atoms with Crippen LogP contribution in [0.5, 0.6) is 11.6 Å². The average Bonchev–Trinajstić information content (AvgIpc) is 2.46. The van der Waals surface area contributed by atoms with Crippen LogP contribution >= 0.6 is 15.9 Å². The molecule has 3 aromatic rings. The van der Waals surface area contributed by atoms with Crippen molar-refractivity contribution >= 4 is 26.7 Å². The lowest BCUT2D eigenvalue weighted by Gasteiger charge is -2.09. The summed E-state index contributed by atoms with van der Waals surface area (Å²) in [5.41, 5.74) is 2.02. The molecule has 3 nitrogen and oxygen atoms in total. The Kier molecular flexibility index (Phi) is 3.40. The number of nitrogens with zero attached hydrogens (tertiary/aromatic N) is 2. The Morgan fingerprint density at radius 1 is 0.950 bits per heavy atom. The van der Waals surface area contributed by atoms with Crippen LogP contribution in [0.3, 0.4) is 0 Å². The number of fused-ring (bicyclic) bond motifs is 1. The van der Waals surface area contributed by atoms with Gasteiger partial charge in [0.2, 0.25) is 5.88 Å². The Hall–Kier alpha value is -1.94. The molecule has 0 atom stereocenters. The van der Waals surface area contributed by atoms with Crippen LogP contribution in [-0.4, -0.2) is 10.2 Å². The fourth-order valence-corrected chi connectivity index (χ4v) is 2.33. The number of aromatic nitrogens is 2. The summed E-state index contributed by atoms with van der Waals surface area (Å²) in [4.78, 5) is 0. The molecule has 0 spiro atoms. The minimum absolute atomic E-state index is 0.535. The van der Waals surface area contributed by atoms with Gasteiger partial charge in [0.15, 0.2) is 0 Å². The second-order valence-corrected chi connectivity index (χ2v) is 5.50. The lowest BCUT2D eigenvalue weighted by molar-refractivity contribution is 0.461. The molecule has 4 heteroatoms. The van der Waals surface area contributed by atoms with Gasteiger partial charge in [0.05, 0.1) is 5.69 Å². The normalized spacial score (nSPS) is 10.8. The van der Waals surface area contributed by atoms with Crippen molar-refractivity contribution in [3.63, 3.8) is 0 Å². The van der Waals surface area contributed by atoms with Gasteiger partial charge in [0.25, 0.3) is 0 Å². The zero-order chi connectivity index (χ0) is 14.1. The van der Waals surface area contributed by atoms with Crippen LogP contribution in [0.15, 0.2) is 46.9 Å². The number of ether oxygens (including phenoxy) is 1. The summed E-state index contributed by atoms with van der Waals surface area (Å²) in [6.07, 6.45) is 0. The molecule has 2 aromatic carbocycles. The van der Waals surface area contributed by atoms with E-state index in [0.29, 0.717) is 5.88 Å². The van der Waals surface area contributed by atoms with Crippen molar-refractivity contribution in [2.24, 2.45) is 0 Å². The molecule has 3 rings (SSSR count). The Balaban J connectivity index is 2.06. The molecule has 1 heterocycles. The van der Waals surface area contributed by atoms with Crippen molar-refractivity contribution in [1.29, 1.82) is 0 Å². The van der Waals surface area contributed by atoms with E-state index in [9.17, 15) is 0 Å². The van der Waals surface area contributed by atoms with Gasteiger partial charge in [-0.15, -0.1) is 5.10 Å². The van der Waals surface area contributed by atoms with E-state index in [1.54, 1.807) is 0 Å². The zero-order valence-electron chi connectivity index (χ0n) is 11.2. The van der Waals surface area contributed by atoms with Crippen molar-refractivity contribution in [3.05, 3.63) is 58.2 Å². The Morgan fingerprint density at radius 3 is 2.45 bits per heavy atom. The number of rotatable bonds is 2. The summed E-state index contributed by atoms with van der Waals surface area (Å²) in [7, 11) is 0. The molecule has 0 amide bonds. The largest absolute Gasteiger partial charge is 0.437 e. The summed E-state index contributed by atoms with van der Waals surface area (Å²) in [6, 6.07) is 13.8. The van der Waals surface area contributed by atoms with Gasteiger partial charge in [-0.3, -0.25) is 0 Å². The maximum absolute atomic E-state index is 5.89. The summed E-state index contributed by atoms with van der Waals surface area (Å²) in [5, 5.41) is 10.4. The van der Waals surface area contributed by atoms with Gasteiger partial charge in [-0.05, 0) is 43.7 Å². The molecule has 0 saturated carbocycles. The Bertz CT molecular complexity index is 787. The third kappa shape index (κ3) is 2.39. The second kappa shape index (κ2) is 5.21. The van der Waals surface area contributed by atoms with Crippen LogP contribution in [0.2, 0.25) is 0 Å².